The summed E-state index contributed by atoms with van der Waals surface area (Å²) in [6, 6.07) is 13.7. The van der Waals surface area contributed by atoms with Gasteiger partial charge in [0.1, 0.15) is 11.6 Å². The van der Waals surface area contributed by atoms with Gasteiger partial charge < -0.3 is 9.15 Å². The standard InChI is InChI=1S/C16H13FN2O2/c1-11-4-2-5-12(8-11)16-19-18-15(21-16)10-20-14-7-3-6-13(17)9-14/h2-9H,10H2,1H3. The molecule has 0 amide bonds. The highest BCUT2D eigenvalue weighted by Crippen LogP contribution is 2.20. The first-order chi connectivity index (χ1) is 10.2. The molecule has 2 aromatic carbocycles. The van der Waals surface area contributed by atoms with Crippen LogP contribution in [0.25, 0.3) is 11.5 Å². The summed E-state index contributed by atoms with van der Waals surface area (Å²) in [4.78, 5) is 0. The quantitative estimate of drug-likeness (QED) is 0.732. The maximum Gasteiger partial charge on any atom is 0.254 e. The smallest absolute Gasteiger partial charge is 0.254 e. The van der Waals surface area contributed by atoms with E-state index >= 15 is 0 Å². The van der Waals surface area contributed by atoms with Crippen molar-refractivity contribution in [3.8, 4) is 17.2 Å². The Morgan fingerprint density at radius 3 is 2.76 bits per heavy atom. The van der Waals surface area contributed by atoms with Crippen molar-refractivity contribution in [2.45, 2.75) is 13.5 Å². The Bertz CT molecular complexity index is 755. The second kappa shape index (κ2) is 5.75. The van der Waals surface area contributed by atoms with Gasteiger partial charge in [-0.1, -0.05) is 23.8 Å². The molecule has 5 heteroatoms. The number of halogens is 1. The minimum Gasteiger partial charge on any atom is -0.484 e. The zero-order valence-corrected chi connectivity index (χ0v) is 11.4. The Labute approximate surface area is 121 Å². The van der Waals surface area contributed by atoms with Gasteiger partial charge in [-0.3, -0.25) is 0 Å². The van der Waals surface area contributed by atoms with E-state index < -0.39 is 0 Å². The first-order valence-electron chi connectivity index (χ1n) is 6.48. The average molecular weight is 284 g/mol. The van der Waals surface area contributed by atoms with E-state index in [1.54, 1.807) is 12.1 Å². The van der Waals surface area contributed by atoms with E-state index in [4.69, 9.17) is 9.15 Å². The Balaban J connectivity index is 1.71. The van der Waals surface area contributed by atoms with Gasteiger partial charge in [-0.05, 0) is 31.2 Å². The molecule has 0 N–H and O–H groups in total. The van der Waals surface area contributed by atoms with Crippen LogP contribution in [0.4, 0.5) is 4.39 Å². The summed E-state index contributed by atoms with van der Waals surface area (Å²) in [6.07, 6.45) is 0. The molecule has 3 aromatic rings. The molecule has 0 unspecified atom stereocenters. The zero-order valence-electron chi connectivity index (χ0n) is 11.4. The Morgan fingerprint density at radius 1 is 1.10 bits per heavy atom. The van der Waals surface area contributed by atoms with Crippen LogP contribution in [0.5, 0.6) is 5.75 Å². The van der Waals surface area contributed by atoms with E-state index in [-0.39, 0.29) is 12.4 Å². The third-order valence-electron chi connectivity index (χ3n) is 2.89. The summed E-state index contributed by atoms with van der Waals surface area (Å²) < 4.78 is 24.0. The van der Waals surface area contributed by atoms with Crippen molar-refractivity contribution < 1.29 is 13.5 Å². The van der Waals surface area contributed by atoms with E-state index in [2.05, 4.69) is 10.2 Å². The fraction of sp³-hybridized carbons (Fsp3) is 0.125. The van der Waals surface area contributed by atoms with Gasteiger partial charge >= 0.3 is 0 Å². The normalized spacial score (nSPS) is 10.6. The van der Waals surface area contributed by atoms with E-state index in [0.29, 0.717) is 17.5 Å². The fourth-order valence-corrected chi connectivity index (χ4v) is 1.91. The Morgan fingerprint density at radius 2 is 1.95 bits per heavy atom. The van der Waals surface area contributed by atoms with Crippen molar-refractivity contribution in [3.05, 3.63) is 65.8 Å². The molecular weight excluding hydrogens is 271 g/mol. The van der Waals surface area contributed by atoms with Crippen LogP contribution in [0.15, 0.2) is 52.9 Å². The second-order valence-corrected chi connectivity index (χ2v) is 4.62. The van der Waals surface area contributed by atoms with Gasteiger partial charge in [0.05, 0.1) is 0 Å². The molecule has 0 aliphatic heterocycles. The third-order valence-corrected chi connectivity index (χ3v) is 2.89. The molecule has 1 heterocycles. The lowest BCUT2D eigenvalue weighted by molar-refractivity contribution is 0.263. The highest BCUT2D eigenvalue weighted by Gasteiger charge is 2.09. The fourth-order valence-electron chi connectivity index (χ4n) is 1.91. The maximum atomic E-state index is 13.0. The lowest BCUT2D eigenvalue weighted by Gasteiger charge is -2.02. The number of hydrogen-bond acceptors (Lipinski definition) is 4. The SMILES string of the molecule is Cc1cccc(-c2nnc(COc3cccc(F)c3)o2)c1. The highest BCUT2D eigenvalue weighted by molar-refractivity contribution is 5.53. The van der Waals surface area contributed by atoms with Crippen molar-refractivity contribution in [2.24, 2.45) is 0 Å². The largest absolute Gasteiger partial charge is 0.484 e. The van der Waals surface area contributed by atoms with Crippen LogP contribution >= 0.6 is 0 Å². The molecule has 0 radical (unpaired) electrons. The number of ether oxygens (including phenoxy) is 1. The number of rotatable bonds is 4. The highest BCUT2D eigenvalue weighted by atomic mass is 19.1. The van der Waals surface area contributed by atoms with Crippen molar-refractivity contribution in [2.75, 3.05) is 0 Å². The minimum atomic E-state index is -0.349. The van der Waals surface area contributed by atoms with Crippen molar-refractivity contribution in [1.82, 2.24) is 10.2 Å². The number of hydrogen-bond donors (Lipinski definition) is 0. The monoisotopic (exact) mass is 284 g/mol. The van der Waals surface area contributed by atoms with E-state index in [9.17, 15) is 4.39 Å². The predicted octanol–water partition coefficient (Wildman–Crippen LogP) is 3.76. The molecule has 0 aliphatic carbocycles. The topological polar surface area (TPSA) is 48.2 Å². The molecule has 0 saturated carbocycles. The molecule has 3 rings (SSSR count). The van der Waals surface area contributed by atoms with Crippen LogP contribution in [0.1, 0.15) is 11.5 Å². The lowest BCUT2D eigenvalue weighted by atomic mass is 10.1. The number of aryl methyl sites for hydroxylation is 1. The second-order valence-electron chi connectivity index (χ2n) is 4.62. The van der Waals surface area contributed by atoms with Gasteiger partial charge in [-0.15, -0.1) is 10.2 Å². The molecule has 106 valence electrons. The average Bonchev–Trinajstić information content (AvgIpc) is 2.94. The van der Waals surface area contributed by atoms with Gasteiger partial charge in [0, 0.05) is 11.6 Å². The molecule has 21 heavy (non-hydrogen) atoms. The molecule has 0 bridgehead atoms. The van der Waals surface area contributed by atoms with Crippen LogP contribution in [-0.2, 0) is 6.61 Å². The summed E-state index contributed by atoms with van der Waals surface area (Å²) in [5.41, 5.74) is 1.97. The van der Waals surface area contributed by atoms with Crippen molar-refractivity contribution in [3.63, 3.8) is 0 Å². The zero-order chi connectivity index (χ0) is 14.7. The summed E-state index contributed by atoms with van der Waals surface area (Å²) in [6.45, 7) is 2.09. The Hall–Kier alpha value is -2.69. The van der Waals surface area contributed by atoms with Gasteiger partial charge in [0.15, 0.2) is 6.61 Å². The van der Waals surface area contributed by atoms with E-state index in [0.717, 1.165) is 11.1 Å². The lowest BCUT2D eigenvalue weighted by Crippen LogP contribution is -1.95. The molecule has 0 spiro atoms. The summed E-state index contributed by atoms with van der Waals surface area (Å²) in [5.74, 6) is 0.857. The van der Waals surface area contributed by atoms with Gasteiger partial charge in [-0.2, -0.15) is 0 Å². The van der Waals surface area contributed by atoms with Crippen molar-refractivity contribution in [1.29, 1.82) is 0 Å². The molecule has 0 atom stereocenters. The predicted molar refractivity (Wildman–Crippen MR) is 75.2 cm³/mol. The third kappa shape index (κ3) is 3.25. The van der Waals surface area contributed by atoms with Gasteiger partial charge in [-0.25, -0.2) is 4.39 Å². The molecule has 1 aromatic heterocycles. The summed E-state index contributed by atoms with van der Waals surface area (Å²) in [7, 11) is 0. The molecule has 0 fully saturated rings. The van der Waals surface area contributed by atoms with Crippen LogP contribution in [-0.4, -0.2) is 10.2 Å². The molecule has 0 saturated heterocycles. The van der Waals surface area contributed by atoms with E-state index in [1.165, 1.54) is 12.1 Å². The number of aromatic nitrogens is 2. The first-order valence-corrected chi connectivity index (χ1v) is 6.48. The van der Waals surface area contributed by atoms with Gasteiger partial charge in [0.2, 0.25) is 5.89 Å². The molecule has 0 aliphatic rings. The molecule has 4 nitrogen and oxygen atoms in total. The van der Waals surface area contributed by atoms with Gasteiger partial charge in [0.25, 0.3) is 5.89 Å². The summed E-state index contributed by atoms with van der Waals surface area (Å²) in [5, 5.41) is 7.91. The Kier molecular flexibility index (Phi) is 3.64. The minimum absolute atomic E-state index is 0.0995. The summed E-state index contributed by atoms with van der Waals surface area (Å²) >= 11 is 0. The number of benzene rings is 2. The first kappa shape index (κ1) is 13.3. The van der Waals surface area contributed by atoms with Crippen LogP contribution in [0.2, 0.25) is 0 Å². The van der Waals surface area contributed by atoms with Crippen molar-refractivity contribution >= 4 is 0 Å². The van der Waals surface area contributed by atoms with Crippen LogP contribution in [0, 0.1) is 12.7 Å². The van der Waals surface area contributed by atoms with E-state index in [1.807, 2.05) is 31.2 Å². The number of nitrogens with zero attached hydrogens (tertiary/aromatic N) is 2. The maximum absolute atomic E-state index is 13.0. The van der Waals surface area contributed by atoms with Crippen LogP contribution < -0.4 is 4.74 Å². The molecular formula is C16H13FN2O2. The van der Waals surface area contributed by atoms with Crippen LogP contribution in [0.3, 0.4) is 0 Å².